The molecule has 0 aliphatic rings. The van der Waals surface area contributed by atoms with Crippen molar-refractivity contribution in [2.24, 2.45) is 5.92 Å². The van der Waals surface area contributed by atoms with Crippen LogP contribution in [0.2, 0.25) is 0 Å². The van der Waals surface area contributed by atoms with Gasteiger partial charge >= 0.3 is 0 Å². The zero-order chi connectivity index (χ0) is 14.6. The number of rotatable bonds is 6. The van der Waals surface area contributed by atoms with Crippen molar-refractivity contribution in [3.05, 3.63) is 0 Å². The molecule has 19 heavy (non-hydrogen) atoms. The molecule has 1 aromatic heterocycles. The molecule has 0 radical (unpaired) electrons. The molecule has 108 valence electrons. The third-order valence-electron chi connectivity index (χ3n) is 2.64. The van der Waals surface area contributed by atoms with Crippen LogP contribution in [0.1, 0.15) is 27.7 Å². The van der Waals surface area contributed by atoms with Gasteiger partial charge in [0.25, 0.3) is 5.16 Å². The maximum absolute atomic E-state index is 11.6. The quantitative estimate of drug-likeness (QED) is 0.810. The molecule has 7 nitrogen and oxygen atoms in total. The first-order chi connectivity index (χ1) is 8.74. The van der Waals surface area contributed by atoms with Crippen molar-refractivity contribution in [1.82, 2.24) is 15.0 Å². The maximum atomic E-state index is 11.6. The summed E-state index contributed by atoms with van der Waals surface area (Å²) >= 11 is 0. The van der Waals surface area contributed by atoms with E-state index < -0.39 is 9.84 Å². The van der Waals surface area contributed by atoms with E-state index in [1.807, 2.05) is 13.8 Å². The molecule has 1 atom stereocenters. The second kappa shape index (κ2) is 6.14. The van der Waals surface area contributed by atoms with Crippen LogP contribution in [0.3, 0.4) is 0 Å². The van der Waals surface area contributed by atoms with E-state index in [1.54, 1.807) is 0 Å². The van der Waals surface area contributed by atoms with Crippen molar-refractivity contribution < 1.29 is 8.42 Å². The lowest BCUT2D eigenvalue weighted by molar-refractivity contribution is 0.554. The van der Waals surface area contributed by atoms with Gasteiger partial charge in [-0.1, -0.05) is 13.8 Å². The summed E-state index contributed by atoms with van der Waals surface area (Å²) in [5.41, 5.74) is 0. The third-order valence-corrected chi connectivity index (χ3v) is 3.48. The van der Waals surface area contributed by atoms with Crippen LogP contribution in [0.4, 0.5) is 11.9 Å². The van der Waals surface area contributed by atoms with E-state index in [-0.39, 0.29) is 23.1 Å². The van der Waals surface area contributed by atoms with Crippen molar-refractivity contribution in [2.75, 3.05) is 23.4 Å². The molecule has 0 saturated carbocycles. The van der Waals surface area contributed by atoms with Gasteiger partial charge in [-0.05, 0) is 19.8 Å². The Morgan fingerprint density at radius 3 is 2.16 bits per heavy atom. The van der Waals surface area contributed by atoms with E-state index in [2.05, 4.69) is 39.4 Å². The molecule has 8 heteroatoms. The molecule has 0 spiro atoms. The minimum absolute atomic E-state index is 0.129. The van der Waals surface area contributed by atoms with Crippen LogP contribution in [-0.2, 0) is 9.84 Å². The Kier molecular flexibility index (Phi) is 5.04. The fourth-order valence-corrected chi connectivity index (χ4v) is 1.70. The van der Waals surface area contributed by atoms with E-state index in [9.17, 15) is 8.42 Å². The molecular weight excluding hydrogens is 266 g/mol. The van der Waals surface area contributed by atoms with E-state index in [1.165, 1.54) is 0 Å². The third kappa shape index (κ3) is 4.62. The van der Waals surface area contributed by atoms with Gasteiger partial charge in [0, 0.05) is 18.8 Å². The first-order valence-electron chi connectivity index (χ1n) is 6.20. The summed E-state index contributed by atoms with van der Waals surface area (Å²) in [4.78, 5) is 12.0. The lowest BCUT2D eigenvalue weighted by Gasteiger charge is -2.17. The van der Waals surface area contributed by atoms with Crippen LogP contribution in [0.15, 0.2) is 5.16 Å². The van der Waals surface area contributed by atoms with Crippen molar-refractivity contribution in [2.45, 2.75) is 38.9 Å². The number of hydrogen-bond donors (Lipinski definition) is 2. The molecule has 1 aromatic rings. The van der Waals surface area contributed by atoms with Gasteiger partial charge in [-0.2, -0.15) is 15.0 Å². The summed E-state index contributed by atoms with van der Waals surface area (Å²) < 4.78 is 23.1. The van der Waals surface area contributed by atoms with Crippen LogP contribution in [0, 0.1) is 5.92 Å². The molecule has 0 amide bonds. The number of sulfone groups is 1. The lowest BCUT2D eigenvalue weighted by atomic mass is 10.1. The minimum atomic E-state index is -3.46. The predicted molar refractivity (Wildman–Crippen MR) is 75.0 cm³/mol. The van der Waals surface area contributed by atoms with Crippen LogP contribution in [0.5, 0.6) is 0 Å². The fraction of sp³-hybridized carbons (Fsp3) is 0.727. The molecule has 1 unspecified atom stereocenters. The van der Waals surface area contributed by atoms with Crippen molar-refractivity contribution in [1.29, 1.82) is 0 Å². The zero-order valence-corrected chi connectivity index (χ0v) is 12.7. The van der Waals surface area contributed by atoms with E-state index in [0.29, 0.717) is 12.5 Å². The molecule has 0 aliphatic carbocycles. The summed E-state index contributed by atoms with van der Waals surface area (Å²) in [5.74, 6) is 0.907. The standard InChI is InChI=1S/C11H21N5O2S/c1-6-12-9-14-10(13-8(4)7(2)3)16-11(15-9)19(5,17)18/h7-8H,6H2,1-5H3,(H2,12,13,14,15,16). The highest BCUT2D eigenvalue weighted by molar-refractivity contribution is 7.90. The van der Waals surface area contributed by atoms with Gasteiger partial charge in [-0.15, -0.1) is 0 Å². The van der Waals surface area contributed by atoms with Gasteiger partial charge < -0.3 is 10.6 Å². The monoisotopic (exact) mass is 287 g/mol. The van der Waals surface area contributed by atoms with Gasteiger partial charge in [-0.25, -0.2) is 8.42 Å². The molecule has 1 heterocycles. The topological polar surface area (TPSA) is 96.9 Å². The Balaban J connectivity index is 3.13. The summed E-state index contributed by atoms with van der Waals surface area (Å²) in [7, 11) is -3.46. The Hall–Kier alpha value is -1.44. The maximum Gasteiger partial charge on any atom is 0.253 e. The van der Waals surface area contributed by atoms with Crippen LogP contribution in [-0.4, -0.2) is 42.2 Å². The molecule has 2 N–H and O–H groups in total. The SMILES string of the molecule is CCNc1nc(NC(C)C(C)C)nc(S(C)(=O)=O)n1. The minimum Gasteiger partial charge on any atom is -0.354 e. The van der Waals surface area contributed by atoms with Gasteiger partial charge in [0.2, 0.25) is 21.7 Å². The fourth-order valence-electron chi connectivity index (χ4n) is 1.19. The van der Waals surface area contributed by atoms with Gasteiger partial charge in [0.1, 0.15) is 0 Å². The normalized spacial score (nSPS) is 13.4. The van der Waals surface area contributed by atoms with E-state index >= 15 is 0 Å². The van der Waals surface area contributed by atoms with Gasteiger partial charge in [0.15, 0.2) is 0 Å². The van der Waals surface area contributed by atoms with E-state index in [0.717, 1.165) is 6.26 Å². The van der Waals surface area contributed by atoms with Gasteiger partial charge in [-0.3, -0.25) is 0 Å². The Bertz CT molecular complexity index is 530. The van der Waals surface area contributed by atoms with Crippen LogP contribution in [0.25, 0.3) is 0 Å². The van der Waals surface area contributed by atoms with Gasteiger partial charge in [0.05, 0.1) is 0 Å². The van der Waals surface area contributed by atoms with Crippen LogP contribution < -0.4 is 10.6 Å². The molecule has 0 saturated heterocycles. The lowest BCUT2D eigenvalue weighted by Crippen LogP contribution is -2.24. The Morgan fingerprint density at radius 1 is 1.11 bits per heavy atom. The van der Waals surface area contributed by atoms with Crippen LogP contribution >= 0.6 is 0 Å². The number of anilines is 2. The number of hydrogen-bond acceptors (Lipinski definition) is 7. The number of nitrogens with one attached hydrogen (secondary N) is 2. The molecule has 0 aliphatic heterocycles. The second-order valence-corrected chi connectivity index (χ2v) is 6.65. The average molecular weight is 287 g/mol. The molecular formula is C11H21N5O2S. The first kappa shape index (κ1) is 15.6. The highest BCUT2D eigenvalue weighted by Crippen LogP contribution is 2.13. The summed E-state index contributed by atoms with van der Waals surface area (Å²) in [6, 6.07) is 0.129. The molecule has 1 rings (SSSR count). The zero-order valence-electron chi connectivity index (χ0n) is 11.9. The number of aromatic nitrogens is 3. The predicted octanol–water partition coefficient (Wildman–Crippen LogP) is 1.16. The summed E-state index contributed by atoms with van der Waals surface area (Å²) in [6.45, 7) is 8.59. The first-order valence-corrected chi connectivity index (χ1v) is 8.09. The largest absolute Gasteiger partial charge is 0.354 e. The highest BCUT2D eigenvalue weighted by atomic mass is 32.2. The summed E-state index contributed by atoms with van der Waals surface area (Å²) in [6.07, 6.45) is 1.08. The highest BCUT2D eigenvalue weighted by Gasteiger charge is 2.17. The Labute approximate surface area is 114 Å². The van der Waals surface area contributed by atoms with Crippen molar-refractivity contribution >= 4 is 21.7 Å². The smallest absolute Gasteiger partial charge is 0.253 e. The van der Waals surface area contributed by atoms with Crippen molar-refractivity contribution in [3.63, 3.8) is 0 Å². The van der Waals surface area contributed by atoms with Crippen molar-refractivity contribution in [3.8, 4) is 0 Å². The molecule has 0 bridgehead atoms. The second-order valence-electron chi connectivity index (χ2n) is 4.74. The average Bonchev–Trinajstić information content (AvgIpc) is 2.27. The summed E-state index contributed by atoms with van der Waals surface area (Å²) in [5, 5.41) is 5.76. The molecule has 0 fully saturated rings. The molecule has 0 aromatic carbocycles. The Morgan fingerprint density at radius 2 is 1.68 bits per heavy atom. The van der Waals surface area contributed by atoms with E-state index in [4.69, 9.17) is 0 Å². The number of nitrogens with zero attached hydrogens (tertiary/aromatic N) is 3.